The SMILES string of the molecule is CCCNC(c1ccc2c(c1)CCC2)c1ccc(Br)s1. The number of aryl methyl sites for hydroxylation is 2. The fourth-order valence-electron chi connectivity index (χ4n) is 2.93. The number of rotatable bonds is 5. The number of hydrogen-bond acceptors (Lipinski definition) is 2. The van der Waals surface area contributed by atoms with Crippen LogP contribution < -0.4 is 5.32 Å². The first-order valence-electron chi connectivity index (χ1n) is 7.38. The van der Waals surface area contributed by atoms with E-state index < -0.39 is 0 Å². The van der Waals surface area contributed by atoms with Gasteiger partial charge in [0.15, 0.2) is 0 Å². The number of fused-ring (bicyclic) bond motifs is 1. The summed E-state index contributed by atoms with van der Waals surface area (Å²) in [5.41, 5.74) is 4.52. The highest BCUT2D eigenvalue weighted by atomic mass is 79.9. The molecule has 1 nitrogen and oxygen atoms in total. The van der Waals surface area contributed by atoms with Crippen LogP contribution in [0.25, 0.3) is 0 Å². The van der Waals surface area contributed by atoms with Crippen LogP contribution in [0.4, 0.5) is 0 Å². The van der Waals surface area contributed by atoms with Crippen molar-refractivity contribution < 1.29 is 0 Å². The molecule has 2 aromatic rings. The van der Waals surface area contributed by atoms with E-state index in [2.05, 4.69) is 58.5 Å². The fourth-order valence-corrected chi connectivity index (χ4v) is 4.45. The molecule has 3 rings (SSSR count). The van der Waals surface area contributed by atoms with Gasteiger partial charge in [-0.25, -0.2) is 0 Å². The first-order valence-corrected chi connectivity index (χ1v) is 8.99. The zero-order valence-corrected chi connectivity index (χ0v) is 14.2. The van der Waals surface area contributed by atoms with Gasteiger partial charge >= 0.3 is 0 Å². The van der Waals surface area contributed by atoms with E-state index in [-0.39, 0.29) is 0 Å². The first-order chi connectivity index (χ1) is 9.78. The normalized spacial score (nSPS) is 15.3. The average Bonchev–Trinajstić information content (AvgIpc) is 3.07. The lowest BCUT2D eigenvalue weighted by molar-refractivity contribution is 0.605. The van der Waals surface area contributed by atoms with Crippen LogP contribution >= 0.6 is 27.3 Å². The lowest BCUT2D eigenvalue weighted by Gasteiger charge is -2.18. The summed E-state index contributed by atoms with van der Waals surface area (Å²) in [7, 11) is 0. The van der Waals surface area contributed by atoms with E-state index >= 15 is 0 Å². The molecule has 1 aromatic carbocycles. The second-order valence-electron chi connectivity index (χ2n) is 5.41. The largest absolute Gasteiger partial charge is 0.306 e. The molecule has 1 aliphatic carbocycles. The fraction of sp³-hybridized carbons (Fsp3) is 0.412. The van der Waals surface area contributed by atoms with Gasteiger partial charge in [-0.1, -0.05) is 25.1 Å². The minimum Gasteiger partial charge on any atom is -0.306 e. The Bertz CT molecular complexity index is 590. The summed E-state index contributed by atoms with van der Waals surface area (Å²) in [5, 5.41) is 3.70. The molecule has 0 amide bonds. The third kappa shape index (κ3) is 3.00. The molecular weight excluding hydrogens is 330 g/mol. The zero-order valence-electron chi connectivity index (χ0n) is 11.8. The third-order valence-corrected chi connectivity index (χ3v) is 5.62. The van der Waals surface area contributed by atoms with Gasteiger partial charge in [-0.15, -0.1) is 11.3 Å². The highest BCUT2D eigenvalue weighted by Crippen LogP contribution is 2.33. The Morgan fingerprint density at radius 2 is 2.05 bits per heavy atom. The monoisotopic (exact) mass is 349 g/mol. The summed E-state index contributed by atoms with van der Waals surface area (Å²) < 4.78 is 1.21. The molecule has 0 saturated heterocycles. The topological polar surface area (TPSA) is 12.0 Å². The molecule has 20 heavy (non-hydrogen) atoms. The maximum absolute atomic E-state index is 3.70. The van der Waals surface area contributed by atoms with Crippen LogP contribution in [0.3, 0.4) is 0 Å². The number of thiophene rings is 1. The van der Waals surface area contributed by atoms with Gasteiger partial charge in [0.2, 0.25) is 0 Å². The Balaban J connectivity index is 1.92. The predicted molar refractivity (Wildman–Crippen MR) is 90.6 cm³/mol. The Morgan fingerprint density at radius 1 is 1.20 bits per heavy atom. The molecule has 1 aromatic heterocycles. The number of halogens is 1. The molecule has 0 fully saturated rings. The molecule has 1 unspecified atom stereocenters. The second-order valence-corrected chi connectivity index (χ2v) is 7.91. The Morgan fingerprint density at radius 3 is 2.80 bits per heavy atom. The van der Waals surface area contributed by atoms with Crippen molar-refractivity contribution in [2.24, 2.45) is 0 Å². The molecule has 0 spiro atoms. The quantitative estimate of drug-likeness (QED) is 0.792. The predicted octanol–water partition coefficient (Wildman–Crippen LogP) is 5.09. The van der Waals surface area contributed by atoms with Crippen molar-refractivity contribution in [3.63, 3.8) is 0 Å². The Labute approximate surface area is 133 Å². The molecule has 106 valence electrons. The van der Waals surface area contributed by atoms with Crippen LogP contribution in [0.5, 0.6) is 0 Å². The molecule has 0 bridgehead atoms. The van der Waals surface area contributed by atoms with Crippen molar-refractivity contribution in [1.29, 1.82) is 0 Å². The summed E-state index contributed by atoms with van der Waals surface area (Å²) in [6.07, 6.45) is 4.98. The molecule has 1 aliphatic rings. The second kappa shape index (κ2) is 6.42. The van der Waals surface area contributed by atoms with Crippen molar-refractivity contribution in [1.82, 2.24) is 5.32 Å². The van der Waals surface area contributed by atoms with Gasteiger partial charge in [0.25, 0.3) is 0 Å². The molecular formula is C17H20BrNS. The minimum atomic E-state index is 0.331. The summed E-state index contributed by atoms with van der Waals surface area (Å²) in [6.45, 7) is 3.27. The number of nitrogens with one attached hydrogen (secondary N) is 1. The summed E-state index contributed by atoms with van der Waals surface area (Å²) in [6, 6.07) is 11.8. The van der Waals surface area contributed by atoms with Crippen molar-refractivity contribution in [3.05, 3.63) is 55.7 Å². The van der Waals surface area contributed by atoms with E-state index in [0.717, 1.165) is 13.0 Å². The van der Waals surface area contributed by atoms with Crippen LogP contribution in [0.1, 0.15) is 47.4 Å². The smallest absolute Gasteiger partial charge is 0.0702 e. The van der Waals surface area contributed by atoms with Gasteiger partial charge in [-0.3, -0.25) is 0 Å². The minimum absolute atomic E-state index is 0.331. The van der Waals surface area contributed by atoms with Crippen LogP contribution in [-0.4, -0.2) is 6.54 Å². The van der Waals surface area contributed by atoms with Crippen molar-refractivity contribution in [2.75, 3.05) is 6.54 Å². The van der Waals surface area contributed by atoms with Crippen LogP contribution in [0.2, 0.25) is 0 Å². The summed E-state index contributed by atoms with van der Waals surface area (Å²) in [4.78, 5) is 1.39. The van der Waals surface area contributed by atoms with E-state index in [1.165, 1.54) is 33.5 Å². The highest BCUT2D eigenvalue weighted by Gasteiger charge is 2.18. The maximum Gasteiger partial charge on any atom is 0.0702 e. The first kappa shape index (κ1) is 14.3. The van der Waals surface area contributed by atoms with E-state index in [1.54, 1.807) is 11.1 Å². The van der Waals surface area contributed by atoms with Crippen LogP contribution in [-0.2, 0) is 12.8 Å². The van der Waals surface area contributed by atoms with Gasteiger partial charge < -0.3 is 5.32 Å². The lowest BCUT2D eigenvalue weighted by atomic mass is 10.00. The third-order valence-electron chi connectivity index (χ3n) is 3.93. The van der Waals surface area contributed by atoms with E-state index in [4.69, 9.17) is 0 Å². The van der Waals surface area contributed by atoms with E-state index in [0.29, 0.717) is 6.04 Å². The Kier molecular flexibility index (Phi) is 4.59. The highest BCUT2D eigenvalue weighted by molar-refractivity contribution is 9.11. The molecule has 0 radical (unpaired) electrons. The standard InChI is InChI=1S/C17H20BrNS/c1-2-10-19-17(15-8-9-16(18)20-15)14-7-6-12-4-3-5-13(12)11-14/h6-9,11,17,19H,2-5,10H2,1H3. The maximum atomic E-state index is 3.70. The van der Waals surface area contributed by atoms with E-state index in [9.17, 15) is 0 Å². The molecule has 3 heteroatoms. The van der Waals surface area contributed by atoms with Gasteiger partial charge in [-0.05, 0) is 77.0 Å². The Hall–Kier alpha value is -0.640. The molecule has 1 heterocycles. The lowest BCUT2D eigenvalue weighted by Crippen LogP contribution is -2.22. The summed E-state index contributed by atoms with van der Waals surface area (Å²) >= 11 is 5.41. The number of hydrogen-bond donors (Lipinski definition) is 1. The van der Waals surface area contributed by atoms with Gasteiger partial charge in [0.1, 0.15) is 0 Å². The van der Waals surface area contributed by atoms with Gasteiger partial charge in [-0.2, -0.15) is 0 Å². The van der Waals surface area contributed by atoms with Crippen molar-refractivity contribution in [3.8, 4) is 0 Å². The molecule has 1 N–H and O–H groups in total. The van der Waals surface area contributed by atoms with Crippen LogP contribution in [0.15, 0.2) is 34.1 Å². The molecule has 1 atom stereocenters. The van der Waals surface area contributed by atoms with Gasteiger partial charge in [0, 0.05) is 4.88 Å². The van der Waals surface area contributed by atoms with Crippen LogP contribution in [0, 0.1) is 0 Å². The zero-order chi connectivity index (χ0) is 13.9. The van der Waals surface area contributed by atoms with E-state index in [1.807, 2.05) is 11.3 Å². The molecule has 0 saturated carbocycles. The van der Waals surface area contributed by atoms with Crippen molar-refractivity contribution >= 4 is 27.3 Å². The average molecular weight is 350 g/mol. The molecule has 0 aliphatic heterocycles. The van der Waals surface area contributed by atoms with Crippen molar-refractivity contribution in [2.45, 2.75) is 38.6 Å². The van der Waals surface area contributed by atoms with Gasteiger partial charge in [0.05, 0.1) is 9.83 Å². The summed E-state index contributed by atoms with van der Waals surface area (Å²) in [5.74, 6) is 0. The number of benzene rings is 1.